The van der Waals surface area contributed by atoms with E-state index in [0.717, 1.165) is 18.5 Å². The monoisotopic (exact) mass is 392 g/mol. The largest absolute Gasteiger partial charge is 0.262 e. The minimum absolute atomic E-state index is 0. The molecule has 1 aromatic heterocycles. The summed E-state index contributed by atoms with van der Waals surface area (Å²) in [7, 11) is 0. The molecule has 0 unspecified atom stereocenters. The molecule has 0 saturated carbocycles. The molecule has 0 atom stereocenters. The van der Waals surface area contributed by atoms with Crippen molar-refractivity contribution < 1.29 is 20.1 Å². The molecule has 16 heavy (non-hydrogen) atoms. The molecular formula is C13H15IrN2-. The number of para-hydroxylation sites is 1. The molecule has 0 saturated heterocycles. The molecule has 0 aliphatic rings. The fourth-order valence-electron chi connectivity index (χ4n) is 1.80. The van der Waals surface area contributed by atoms with Gasteiger partial charge >= 0.3 is 0 Å². The van der Waals surface area contributed by atoms with Crippen molar-refractivity contribution in [2.24, 2.45) is 0 Å². The normalized spacial score (nSPS) is 9.88. The zero-order valence-corrected chi connectivity index (χ0v) is 11.9. The van der Waals surface area contributed by atoms with Gasteiger partial charge in [0, 0.05) is 25.8 Å². The molecule has 0 N–H and O–H groups in total. The Hall–Kier alpha value is -0.921. The average molecular weight is 391 g/mol. The summed E-state index contributed by atoms with van der Waals surface area (Å²) in [6.45, 7) is 4.32. The third-order valence-electron chi connectivity index (χ3n) is 2.59. The first-order valence-corrected chi connectivity index (χ1v) is 5.39. The van der Waals surface area contributed by atoms with Crippen LogP contribution in [-0.4, -0.2) is 9.78 Å². The second kappa shape index (κ2) is 5.97. The summed E-state index contributed by atoms with van der Waals surface area (Å²) < 4.78 is 1.98. The Bertz CT molecular complexity index is 434. The fraction of sp³-hybridized carbons (Fsp3) is 0.308. The summed E-state index contributed by atoms with van der Waals surface area (Å²) in [5.74, 6) is 0. The van der Waals surface area contributed by atoms with Gasteiger partial charge in [0.25, 0.3) is 0 Å². The van der Waals surface area contributed by atoms with E-state index in [2.05, 4.69) is 25.0 Å². The van der Waals surface area contributed by atoms with Gasteiger partial charge in [-0.2, -0.15) is 29.4 Å². The standard InChI is InChI=1S/C13H15N2.Ir/c1-3-11-10-14-15(13(11)4-2)12-8-6-5-7-9-12;/h5-8,10H,3-4H2,1-2H3;/q-1;. The van der Waals surface area contributed by atoms with E-state index in [1.54, 1.807) is 0 Å². The number of benzene rings is 1. The van der Waals surface area contributed by atoms with Crippen LogP contribution in [0, 0.1) is 6.07 Å². The van der Waals surface area contributed by atoms with Gasteiger partial charge in [-0.15, -0.1) is 6.07 Å². The predicted octanol–water partition coefficient (Wildman–Crippen LogP) is 2.79. The van der Waals surface area contributed by atoms with E-state index in [4.69, 9.17) is 0 Å². The van der Waals surface area contributed by atoms with Crippen LogP contribution in [0.15, 0.2) is 30.5 Å². The van der Waals surface area contributed by atoms with Crippen molar-refractivity contribution in [3.8, 4) is 5.69 Å². The van der Waals surface area contributed by atoms with Gasteiger partial charge in [-0.3, -0.25) is 4.68 Å². The van der Waals surface area contributed by atoms with Crippen molar-refractivity contribution in [1.82, 2.24) is 9.78 Å². The molecule has 2 aromatic rings. The maximum atomic E-state index is 4.41. The smallest absolute Gasteiger partial charge is 0.0528 e. The van der Waals surface area contributed by atoms with Crippen LogP contribution in [0.5, 0.6) is 0 Å². The molecule has 0 aliphatic carbocycles. The molecular weight excluding hydrogens is 376 g/mol. The molecule has 2 rings (SSSR count). The van der Waals surface area contributed by atoms with Crippen LogP contribution < -0.4 is 0 Å². The third-order valence-corrected chi connectivity index (χ3v) is 2.59. The summed E-state index contributed by atoms with van der Waals surface area (Å²) in [5, 5.41) is 4.41. The number of hydrogen-bond donors (Lipinski definition) is 0. The Morgan fingerprint density at radius 3 is 2.62 bits per heavy atom. The first-order valence-electron chi connectivity index (χ1n) is 5.39. The van der Waals surface area contributed by atoms with Gasteiger partial charge in [-0.1, -0.05) is 13.8 Å². The summed E-state index contributed by atoms with van der Waals surface area (Å²) in [4.78, 5) is 0. The van der Waals surface area contributed by atoms with Crippen LogP contribution in [0.25, 0.3) is 5.69 Å². The van der Waals surface area contributed by atoms with Crippen LogP contribution in [0.3, 0.4) is 0 Å². The molecule has 87 valence electrons. The molecule has 0 bridgehead atoms. The second-order valence-electron chi connectivity index (χ2n) is 3.48. The van der Waals surface area contributed by atoms with E-state index in [9.17, 15) is 0 Å². The van der Waals surface area contributed by atoms with Crippen LogP contribution >= 0.6 is 0 Å². The number of nitrogens with zero attached hydrogens (tertiary/aromatic N) is 2. The van der Waals surface area contributed by atoms with Crippen LogP contribution in [0.1, 0.15) is 25.1 Å². The van der Waals surface area contributed by atoms with Gasteiger partial charge < -0.3 is 0 Å². The summed E-state index contributed by atoms with van der Waals surface area (Å²) in [6.07, 6.45) is 4.00. The van der Waals surface area contributed by atoms with Gasteiger partial charge in [0.2, 0.25) is 0 Å². The third kappa shape index (κ3) is 2.42. The molecule has 1 aromatic carbocycles. The molecule has 1 heterocycles. The zero-order chi connectivity index (χ0) is 10.7. The SMILES string of the molecule is CCc1cnn(-c2[c-]cccc2)c1CC.[Ir]. The van der Waals surface area contributed by atoms with Gasteiger partial charge in [0.05, 0.1) is 6.20 Å². The fourth-order valence-corrected chi connectivity index (χ4v) is 1.80. The Kier molecular flexibility index (Phi) is 4.91. The van der Waals surface area contributed by atoms with Crippen molar-refractivity contribution in [2.45, 2.75) is 26.7 Å². The van der Waals surface area contributed by atoms with Crippen molar-refractivity contribution in [2.75, 3.05) is 0 Å². The molecule has 1 radical (unpaired) electrons. The summed E-state index contributed by atoms with van der Waals surface area (Å²) in [6, 6.07) is 11.1. The van der Waals surface area contributed by atoms with Crippen LogP contribution in [-0.2, 0) is 32.9 Å². The van der Waals surface area contributed by atoms with Crippen molar-refractivity contribution >= 4 is 0 Å². The van der Waals surface area contributed by atoms with Crippen LogP contribution in [0.4, 0.5) is 0 Å². The Morgan fingerprint density at radius 2 is 2.06 bits per heavy atom. The second-order valence-corrected chi connectivity index (χ2v) is 3.48. The number of rotatable bonds is 3. The topological polar surface area (TPSA) is 17.8 Å². The summed E-state index contributed by atoms with van der Waals surface area (Å²) >= 11 is 0. The van der Waals surface area contributed by atoms with Gasteiger partial charge in [-0.05, 0) is 24.1 Å². The summed E-state index contributed by atoms with van der Waals surface area (Å²) in [5.41, 5.74) is 3.64. The van der Waals surface area contributed by atoms with Crippen LogP contribution in [0.2, 0.25) is 0 Å². The number of aryl methyl sites for hydroxylation is 1. The Labute approximate surface area is 110 Å². The maximum Gasteiger partial charge on any atom is 0.0528 e. The van der Waals surface area contributed by atoms with Gasteiger partial charge in [-0.25, -0.2) is 0 Å². The molecule has 0 aliphatic heterocycles. The maximum absolute atomic E-state index is 4.41. The van der Waals surface area contributed by atoms with Crippen molar-refractivity contribution in [3.05, 3.63) is 47.8 Å². The van der Waals surface area contributed by atoms with Gasteiger partial charge in [0.1, 0.15) is 0 Å². The Balaban J connectivity index is 0.00000128. The number of aromatic nitrogens is 2. The van der Waals surface area contributed by atoms with E-state index in [0.29, 0.717) is 0 Å². The van der Waals surface area contributed by atoms with E-state index < -0.39 is 0 Å². The van der Waals surface area contributed by atoms with Gasteiger partial charge in [0.15, 0.2) is 0 Å². The van der Waals surface area contributed by atoms with Crippen molar-refractivity contribution in [1.29, 1.82) is 0 Å². The Morgan fingerprint density at radius 1 is 1.25 bits per heavy atom. The molecule has 0 amide bonds. The molecule has 2 nitrogen and oxygen atoms in total. The zero-order valence-electron chi connectivity index (χ0n) is 9.53. The average Bonchev–Trinajstić information content (AvgIpc) is 2.72. The molecule has 0 fully saturated rings. The van der Waals surface area contributed by atoms with E-state index >= 15 is 0 Å². The van der Waals surface area contributed by atoms with E-state index in [1.807, 2.05) is 35.1 Å². The molecule has 0 spiro atoms. The number of hydrogen-bond acceptors (Lipinski definition) is 1. The first kappa shape index (κ1) is 13.1. The predicted molar refractivity (Wildman–Crippen MR) is 61.2 cm³/mol. The minimum Gasteiger partial charge on any atom is -0.262 e. The first-order chi connectivity index (χ1) is 7.36. The quantitative estimate of drug-likeness (QED) is 0.736. The van der Waals surface area contributed by atoms with E-state index in [1.165, 1.54) is 11.3 Å². The van der Waals surface area contributed by atoms with Crippen molar-refractivity contribution in [3.63, 3.8) is 0 Å². The van der Waals surface area contributed by atoms with E-state index in [-0.39, 0.29) is 20.1 Å². The molecule has 3 heteroatoms. The minimum atomic E-state index is 0.